The second kappa shape index (κ2) is 4.38. The molecular formula is C13H16N6. The van der Waals surface area contributed by atoms with Crippen LogP contribution in [0.4, 0.5) is 5.95 Å². The van der Waals surface area contributed by atoms with Gasteiger partial charge in [0.15, 0.2) is 5.65 Å². The van der Waals surface area contributed by atoms with Crippen LogP contribution in [0, 0.1) is 13.8 Å². The highest BCUT2D eigenvalue weighted by molar-refractivity contribution is 5.73. The Morgan fingerprint density at radius 3 is 2.79 bits per heavy atom. The zero-order valence-corrected chi connectivity index (χ0v) is 11.2. The van der Waals surface area contributed by atoms with Gasteiger partial charge in [0.05, 0.1) is 23.4 Å². The molecule has 3 aromatic rings. The Morgan fingerprint density at radius 1 is 1.21 bits per heavy atom. The largest absolute Gasteiger partial charge is 0.350 e. The first-order chi connectivity index (χ1) is 9.11. The minimum Gasteiger partial charge on any atom is -0.350 e. The van der Waals surface area contributed by atoms with Crippen LogP contribution in [0.2, 0.25) is 0 Å². The first kappa shape index (κ1) is 11.7. The monoisotopic (exact) mass is 256 g/mol. The van der Waals surface area contributed by atoms with E-state index < -0.39 is 0 Å². The lowest BCUT2D eigenvalue weighted by atomic mass is 10.3. The summed E-state index contributed by atoms with van der Waals surface area (Å²) >= 11 is 0. The number of imidazole rings is 1. The van der Waals surface area contributed by atoms with E-state index in [1.807, 2.05) is 37.7 Å². The lowest BCUT2D eigenvalue weighted by Gasteiger charge is -2.02. The van der Waals surface area contributed by atoms with Gasteiger partial charge >= 0.3 is 0 Å². The molecule has 0 amide bonds. The molecule has 19 heavy (non-hydrogen) atoms. The van der Waals surface area contributed by atoms with Gasteiger partial charge in [-0.3, -0.25) is 4.68 Å². The summed E-state index contributed by atoms with van der Waals surface area (Å²) < 4.78 is 1.87. The van der Waals surface area contributed by atoms with E-state index in [4.69, 9.17) is 0 Å². The predicted octanol–water partition coefficient (Wildman–Crippen LogP) is 1.92. The molecule has 0 bridgehead atoms. The summed E-state index contributed by atoms with van der Waals surface area (Å²) in [4.78, 5) is 12.0. The average molecular weight is 256 g/mol. The van der Waals surface area contributed by atoms with Crippen LogP contribution in [0.15, 0.2) is 18.2 Å². The Kier molecular flexibility index (Phi) is 2.70. The van der Waals surface area contributed by atoms with Crippen molar-refractivity contribution in [1.82, 2.24) is 24.7 Å². The van der Waals surface area contributed by atoms with Gasteiger partial charge < -0.3 is 10.3 Å². The number of nitrogens with zero attached hydrogens (tertiary/aromatic N) is 4. The third-order valence-corrected chi connectivity index (χ3v) is 3.02. The Labute approximate surface area is 110 Å². The molecule has 6 nitrogen and oxygen atoms in total. The van der Waals surface area contributed by atoms with Gasteiger partial charge in [-0.05, 0) is 32.0 Å². The molecule has 0 aromatic carbocycles. The molecule has 2 N–H and O–H groups in total. The van der Waals surface area contributed by atoms with E-state index in [-0.39, 0.29) is 0 Å². The van der Waals surface area contributed by atoms with Crippen LogP contribution in [0.5, 0.6) is 0 Å². The third-order valence-electron chi connectivity index (χ3n) is 3.02. The first-order valence-corrected chi connectivity index (χ1v) is 6.18. The number of aromatic nitrogens is 5. The Morgan fingerprint density at radius 2 is 2.05 bits per heavy atom. The van der Waals surface area contributed by atoms with Gasteiger partial charge in [-0.1, -0.05) is 0 Å². The van der Waals surface area contributed by atoms with Crippen molar-refractivity contribution >= 4 is 17.1 Å². The summed E-state index contributed by atoms with van der Waals surface area (Å²) in [5.41, 5.74) is 4.77. The van der Waals surface area contributed by atoms with Gasteiger partial charge in [-0.25, -0.2) is 4.98 Å². The number of rotatable bonds is 3. The number of anilines is 1. The van der Waals surface area contributed by atoms with E-state index in [9.17, 15) is 0 Å². The van der Waals surface area contributed by atoms with Crippen LogP contribution < -0.4 is 5.32 Å². The SMILES string of the molecule is Cc1ccc2[nH]c(NCc3cc(C)nn3C)nc2n1. The van der Waals surface area contributed by atoms with E-state index in [0.29, 0.717) is 6.54 Å². The normalized spacial score (nSPS) is 11.1. The first-order valence-electron chi connectivity index (χ1n) is 6.18. The van der Waals surface area contributed by atoms with Gasteiger partial charge in [0.25, 0.3) is 0 Å². The maximum atomic E-state index is 4.42. The number of aryl methyl sites for hydroxylation is 3. The minimum absolute atomic E-state index is 0.677. The van der Waals surface area contributed by atoms with Crippen molar-refractivity contribution < 1.29 is 0 Å². The van der Waals surface area contributed by atoms with E-state index >= 15 is 0 Å². The number of pyridine rings is 1. The molecule has 0 radical (unpaired) electrons. The standard InChI is InChI=1S/C13H16N6/c1-8-4-5-11-12(15-8)17-13(16-11)14-7-10-6-9(2)18-19(10)3/h4-6H,7H2,1-3H3,(H2,14,15,16,17). The molecule has 0 fully saturated rings. The Hall–Kier alpha value is -2.37. The van der Waals surface area contributed by atoms with Gasteiger partial charge in [0.1, 0.15) is 0 Å². The number of nitrogens with one attached hydrogen (secondary N) is 2. The quantitative estimate of drug-likeness (QED) is 0.751. The lowest BCUT2D eigenvalue weighted by Crippen LogP contribution is -2.06. The van der Waals surface area contributed by atoms with Crippen molar-refractivity contribution in [2.24, 2.45) is 7.05 Å². The summed E-state index contributed by atoms with van der Waals surface area (Å²) in [6.07, 6.45) is 0. The molecule has 0 unspecified atom stereocenters. The topological polar surface area (TPSA) is 71.4 Å². The highest BCUT2D eigenvalue weighted by Crippen LogP contribution is 2.13. The number of aromatic amines is 1. The van der Waals surface area contributed by atoms with Gasteiger partial charge in [0.2, 0.25) is 5.95 Å². The maximum Gasteiger partial charge on any atom is 0.203 e. The molecule has 3 rings (SSSR count). The van der Waals surface area contributed by atoms with Crippen molar-refractivity contribution in [2.45, 2.75) is 20.4 Å². The molecular weight excluding hydrogens is 240 g/mol. The molecule has 0 aliphatic carbocycles. The molecule has 0 saturated heterocycles. The molecule has 3 heterocycles. The molecule has 0 spiro atoms. The number of hydrogen-bond donors (Lipinski definition) is 2. The van der Waals surface area contributed by atoms with E-state index in [2.05, 4.69) is 31.4 Å². The maximum absolute atomic E-state index is 4.42. The molecule has 0 aliphatic heterocycles. The van der Waals surface area contributed by atoms with Crippen molar-refractivity contribution in [3.63, 3.8) is 0 Å². The second-order valence-corrected chi connectivity index (χ2v) is 4.66. The molecule has 3 aromatic heterocycles. The van der Waals surface area contributed by atoms with Gasteiger partial charge in [-0.2, -0.15) is 10.1 Å². The smallest absolute Gasteiger partial charge is 0.203 e. The summed E-state index contributed by atoms with van der Waals surface area (Å²) in [6.45, 7) is 4.62. The summed E-state index contributed by atoms with van der Waals surface area (Å²) in [7, 11) is 1.94. The molecule has 0 aliphatic rings. The van der Waals surface area contributed by atoms with Crippen LogP contribution in [-0.2, 0) is 13.6 Å². The van der Waals surface area contributed by atoms with Crippen LogP contribution in [0.1, 0.15) is 17.1 Å². The van der Waals surface area contributed by atoms with Crippen molar-refractivity contribution in [2.75, 3.05) is 5.32 Å². The van der Waals surface area contributed by atoms with Crippen molar-refractivity contribution in [3.05, 3.63) is 35.3 Å². The van der Waals surface area contributed by atoms with E-state index in [0.717, 1.165) is 34.2 Å². The highest BCUT2D eigenvalue weighted by atomic mass is 15.3. The number of hydrogen-bond acceptors (Lipinski definition) is 4. The summed E-state index contributed by atoms with van der Waals surface area (Å²) in [5, 5.41) is 7.57. The van der Waals surface area contributed by atoms with Crippen molar-refractivity contribution in [1.29, 1.82) is 0 Å². The second-order valence-electron chi connectivity index (χ2n) is 4.66. The Balaban J connectivity index is 1.80. The minimum atomic E-state index is 0.677. The molecule has 6 heteroatoms. The van der Waals surface area contributed by atoms with Gasteiger partial charge in [0, 0.05) is 12.7 Å². The summed E-state index contributed by atoms with van der Waals surface area (Å²) in [5.74, 6) is 0.729. The molecule has 0 atom stereocenters. The van der Waals surface area contributed by atoms with Crippen LogP contribution in [0.25, 0.3) is 11.2 Å². The van der Waals surface area contributed by atoms with Gasteiger partial charge in [-0.15, -0.1) is 0 Å². The predicted molar refractivity (Wildman–Crippen MR) is 73.9 cm³/mol. The van der Waals surface area contributed by atoms with Crippen LogP contribution in [0.3, 0.4) is 0 Å². The number of fused-ring (bicyclic) bond motifs is 1. The molecule has 0 saturated carbocycles. The fraction of sp³-hybridized carbons (Fsp3) is 0.308. The highest BCUT2D eigenvalue weighted by Gasteiger charge is 2.06. The summed E-state index contributed by atoms with van der Waals surface area (Å²) in [6, 6.07) is 6.01. The average Bonchev–Trinajstić information content (AvgIpc) is 2.89. The molecule has 98 valence electrons. The Bertz CT molecular complexity index is 724. The van der Waals surface area contributed by atoms with E-state index in [1.54, 1.807) is 0 Å². The third kappa shape index (κ3) is 2.29. The zero-order valence-electron chi connectivity index (χ0n) is 11.2. The fourth-order valence-corrected chi connectivity index (χ4v) is 2.07. The van der Waals surface area contributed by atoms with Crippen molar-refractivity contribution in [3.8, 4) is 0 Å². The lowest BCUT2D eigenvalue weighted by molar-refractivity contribution is 0.712. The zero-order chi connectivity index (χ0) is 13.4. The van der Waals surface area contributed by atoms with Crippen LogP contribution >= 0.6 is 0 Å². The van der Waals surface area contributed by atoms with E-state index in [1.165, 1.54) is 0 Å². The number of H-pyrrole nitrogens is 1. The fourth-order valence-electron chi connectivity index (χ4n) is 2.07. The van der Waals surface area contributed by atoms with Crippen LogP contribution in [-0.4, -0.2) is 24.7 Å².